The number of aromatic amines is 1. The van der Waals surface area contributed by atoms with Crippen LogP contribution in [0.5, 0.6) is 0 Å². The molecular formula is C10H15BrN2O2. The van der Waals surface area contributed by atoms with Gasteiger partial charge in [0.2, 0.25) is 0 Å². The van der Waals surface area contributed by atoms with E-state index in [2.05, 4.69) is 26.2 Å². The van der Waals surface area contributed by atoms with Crippen molar-refractivity contribution in [1.29, 1.82) is 0 Å². The molecule has 0 aromatic carbocycles. The van der Waals surface area contributed by atoms with Gasteiger partial charge in [0.15, 0.2) is 0 Å². The van der Waals surface area contributed by atoms with Gasteiger partial charge in [0, 0.05) is 16.4 Å². The predicted molar refractivity (Wildman–Crippen MR) is 61.6 cm³/mol. The standard InChI is InChI=1S/C10H15BrN2O2/c1-10(2,3)15-9(14)13-6-8-4-7(11)5-12-8/h4-5,12H,6H2,1-3H3,(H,13,14). The molecule has 0 radical (unpaired) electrons. The maximum absolute atomic E-state index is 11.3. The van der Waals surface area contributed by atoms with Crippen LogP contribution in [0, 0.1) is 0 Å². The van der Waals surface area contributed by atoms with Gasteiger partial charge in [0.1, 0.15) is 5.60 Å². The third kappa shape index (κ3) is 4.88. The van der Waals surface area contributed by atoms with E-state index >= 15 is 0 Å². The molecule has 0 aliphatic rings. The summed E-state index contributed by atoms with van der Waals surface area (Å²) >= 11 is 3.31. The first-order valence-electron chi connectivity index (χ1n) is 4.66. The van der Waals surface area contributed by atoms with Gasteiger partial charge >= 0.3 is 6.09 Å². The van der Waals surface area contributed by atoms with Gasteiger partial charge in [-0.25, -0.2) is 4.79 Å². The number of alkyl carbamates (subject to hydrolysis) is 1. The maximum atomic E-state index is 11.3. The summed E-state index contributed by atoms with van der Waals surface area (Å²) in [5.74, 6) is 0. The van der Waals surface area contributed by atoms with Crippen molar-refractivity contribution in [3.8, 4) is 0 Å². The van der Waals surface area contributed by atoms with Crippen molar-refractivity contribution >= 4 is 22.0 Å². The molecule has 0 spiro atoms. The highest BCUT2D eigenvalue weighted by Crippen LogP contribution is 2.10. The number of ether oxygens (including phenoxy) is 1. The van der Waals surface area contributed by atoms with Crippen LogP contribution in [0.15, 0.2) is 16.7 Å². The topological polar surface area (TPSA) is 54.1 Å². The summed E-state index contributed by atoms with van der Waals surface area (Å²) in [6.07, 6.45) is 1.40. The molecule has 1 heterocycles. The fourth-order valence-corrected chi connectivity index (χ4v) is 1.39. The number of halogens is 1. The third-order valence-corrected chi connectivity index (χ3v) is 1.99. The minimum absolute atomic E-state index is 0.409. The molecule has 15 heavy (non-hydrogen) atoms. The fraction of sp³-hybridized carbons (Fsp3) is 0.500. The SMILES string of the molecule is CC(C)(C)OC(=O)NCc1cc(Br)c[nH]1. The summed E-state index contributed by atoms with van der Waals surface area (Å²) in [6, 6.07) is 1.90. The number of hydrogen-bond acceptors (Lipinski definition) is 2. The molecule has 4 nitrogen and oxygen atoms in total. The second-order valence-electron chi connectivity index (χ2n) is 4.20. The Kier molecular flexibility index (Phi) is 3.79. The summed E-state index contributed by atoms with van der Waals surface area (Å²) in [4.78, 5) is 14.3. The quantitative estimate of drug-likeness (QED) is 0.872. The Balaban J connectivity index is 2.35. The Morgan fingerprint density at radius 3 is 2.73 bits per heavy atom. The summed E-state index contributed by atoms with van der Waals surface area (Å²) in [5, 5.41) is 2.66. The van der Waals surface area contributed by atoms with E-state index in [0.29, 0.717) is 6.54 Å². The largest absolute Gasteiger partial charge is 0.444 e. The predicted octanol–water partition coefficient (Wildman–Crippen LogP) is 2.80. The second kappa shape index (κ2) is 4.70. The highest BCUT2D eigenvalue weighted by atomic mass is 79.9. The van der Waals surface area contributed by atoms with Crippen molar-refractivity contribution in [3.63, 3.8) is 0 Å². The molecule has 0 bridgehead atoms. The molecule has 84 valence electrons. The molecule has 0 fully saturated rings. The Morgan fingerprint density at radius 1 is 1.60 bits per heavy atom. The first-order valence-corrected chi connectivity index (χ1v) is 5.46. The van der Waals surface area contributed by atoms with Crippen molar-refractivity contribution in [2.75, 3.05) is 0 Å². The van der Waals surface area contributed by atoms with Crippen LogP contribution >= 0.6 is 15.9 Å². The molecule has 0 saturated heterocycles. The number of carbonyl (C=O) groups is 1. The zero-order valence-electron chi connectivity index (χ0n) is 9.06. The molecule has 1 aromatic rings. The van der Waals surface area contributed by atoms with Crippen LogP contribution in [0.3, 0.4) is 0 Å². The van der Waals surface area contributed by atoms with Crippen molar-refractivity contribution in [1.82, 2.24) is 10.3 Å². The summed E-state index contributed by atoms with van der Waals surface area (Å²) in [7, 11) is 0. The molecule has 5 heteroatoms. The van der Waals surface area contributed by atoms with Crippen LogP contribution in [0.1, 0.15) is 26.5 Å². The van der Waals surface area contributed by atoms with E-state index in [1.54, 1.807) is 0 Å². The molecule has 0 aliphatic carbocycles. The van der Waals surface area contributed by atoms with Gasteiger partial charge in [-0.05, 0) is 42.8 Å². The van der Waals surface area contributed by atoms with Crippen molar-refractivity contribution in [2.45, 2.75) is 32.9 Å². The van der Waals surface area contributed by atoms with Crippen molar-refractivity contribution < 1.29 is 9.53 Å². The minimum Gasteiger partial charge on any atom is -0.444 e. The van der Waals surface area contributed by atoms with E-state index < -0.39 is 11.7 Å². The van der Waals surface area contributed by atoms with Gasteiger partial charge < -0.3 is 15.0 Å². The van der Waals surface area contributed by atoms with Crippen LogP contribution in [-0.4, -0.2) is 16.7 Å². The van der Waals surface area contributed by atoms with Crippen LogP contribution in [0.4, 0.5) is 4.79 Å². The molecule has 2 N–H and O–H groups in total. The zero-order chi connectivity index (χ0) is 11.5. The Labute approximate surface area is 97.5 Å². The van der Waals surface area contributed by atoms with Crippen molar-refractivity contribution in [2.24, 2.45) is 0 Å². The van der Waals surface area contributed by atoms with Crippen LogP contribution < -0.4 is 5.32 Å². The van der Waals surface area contributed by atoms with E-state index in [1.165, 1.54) is 0 Å². The molecule has 0 atom stereocenters. The van der Waals surface area contributed by atoms with Gasteiger partial charge in [0.05, 0.1) is 6.54 Å². The lowest BCUT2D eigenvalue weighted by Crippen LogP contribution is -2.32. The lowest BCUT2D eigenvalue weighted by molar-refractivity contribution is 0.0523. The van der Waals surface area contributed by atoms with Crippen molar-refractivity contribution in [3.05, 3.63) is 22.4 Å². The Bertz CT molecular complexity index is 341. The van der Waals surface area contributed by atoms with Gasteiger partial charge in [-0.1, -0.05) is 0 Å². The van der Waals surface area contributed by atoms with E-state index in [9.17, 15) is 4.79 Å². The molecule has 1 rings (SSSR count). The first-order chi connectivity index (χ1) is 6.87. The number of aromatic nitrogens is 1. The van der Waals surface area contributed by atoms with Crippen LogP contribution in [0.2, 0.25) is 0 Å². The highest BCUT2D eigenvalue weighted by molar-refractivity contribution is 9.10. The second-order valence-corrected chi connectivity index (χ2v) is 5.11. The average molecular weight is 275 g/mol. The van der Waals surface area contributed by atoms with E-state index in [1.807, 2.05) is 33.0 Å². The summed E-state index contributed by atoms with van der Waals surface area (Å²) in [6.45, 7) is 5.92. The maximum Gasteiger partial charge on any atom is 0.407 e. The average Bonchev–Trinajstić information content (AvgIpc) is 2.45. The van der Waals surface area contributed by atoms with Gasteiger partial charge in [-0.3, -0.25) is 0 Å². The number of H-pyrrole nitrogens is 1. The van der Waals surface area contributed by atoms with Gasteiger partial charge in [-0.2, -0.15) is 0 Å². The number of rotatable bonds is 2. The molecule has 1 amide bonds. The molecule has 1 aromatic heterocycles. The Morgan fingerprint density at radius 2 is 2.27 bits per heavy atom. The monoisotopic (exact) mass is 274 g/mol. The summed E-state index contributed by atoms with van der Waals surface area (Å²) < 4.78 is 6.05. The third-order valence-electron chi connectivity index (χ3n) is 1.53. The summed E-state index contributed by atoms with van der Waals surface area (Å²) in [5.41, 5.74) is 0.466. The first kappa shape index (κ1) is 12.1. The molecular weight excluding hydrogens is 260 g/mol. The molecule has 0 aliphatic heterocycles. The van der Waals surface area contributed by atoms with E-state index in [-0.39, 0.29) is 0 Å². The zero-order valence-corrected chi connectivity index (χ0v) is 10.6. The number of amides is 1. The smallest absolute Gasteiger partial charge is 0.407 e. The van der Waals surface area contributed by atoms with Crippen LogP contribution in [-0.2, 0) is 11.3 Å². The molecule has 0 saturated carbocycles. The normalized spacial score (nSPS) is 11.2. The number of nitrogens with one attached hydrogen (secondary N) is 2. The Hall–Kier alpha value is -0.970. The number of carbonyl (C=O) groups excluding carboxylic acids is 1. The van der Waals surface area contributed by atoms with Crippen LogP contribution in [0.25, 0.3) is 0 Å². The van der Waals surface area contributed by atoms with E-state index in [0.717, 1.165) is 10.2 Å². The molecule has 0 unspecified atom stereocenters. The van der Waals surface area contributed by atoms with E-state index in [4.69, 9.17) is 4.74 Å². The van der Waals surface area contributed by atoms with Gasteiger partial charge in [0.25, 0.3) is 0 Å². The fourth-order valence-electron chi connectivity index (χ4n) is 0.995. The number of hydrogen-bond donors (Lipinski definition) is 2. The lowest BCUT2D eigenvalue weighted by Gasteiger charge is -2.19. The lowest BCUT2D eigenvalue weighted by atomic mass is 10.2. The van der Waals surface area contributed by atoms with Gasteiger partial charge in [-0.15, -0.1) is 0 Å². The highest BCUT2D eigenvalue weighted by Gasteiger charge is 2.15. The minimum atomic E-state index is -0.458.